The standard InChI is InChI=1S/C19H29N3O4S/c1-14(23)16-5-7-17(8-6-16)27(25,26)20-13-15-9-11-22(12-10-15)18(24)21-19(2,3)4/h5-8,15,20H,9-13H2,1-4H3,(H,21,24). The number of carbonyl (C=O) groups excluding carboxylic acids is 2. The third-order valence-corrected chi connectivity index (χ3v) is 5.96. The highest BCUT2D eigenvalue weighted by molar-refractivity contribution is 7.89. The number of ketones is 1. The van der Waals surface area contributed by atoms with Gasteiger partial charge in [0.1, 0.15) is 0 Å². The monoisotopic (exact) mass is 395 g/mol. The molecule has 1 fully saturated rings. The summed E-state index contributed by atoms with van der Waals surface area (Å²) in [5.41, 5.74) is 0.205. The van der Waals surface area contributed by atoms with Crippen LogP contribution >= 0.6 is 0 Å². The summed E-state index contributed by atoms with van der Waals surface area (Å²) in [6.45, 7) is 8.82. The Balaban J connectivity index is 1.85. The van der Waals surface area contributed by atoms with Gasteiger partial charge in [0, 0.05) is 30.7 Å². The van der Waals surface area contributed by atoms with Crippen molar-refractivity contribution in [1.29, 1.82) is 0 Å². The number of likely N-dealkylation sites (tertiary alicyclic amines) is 1. The summed E-state index contributed by atoms with van der Waals surface area (Å²) in [7, 11) is -3.61. The zero-order chi connectivity index (χ0) is 20.2. The Bertz CT molecular complexity index is 774. The summed E-state index contributed by atoms with van der Waals surface area (Å²) in [6, 6.07) is 5.84. The van der Waals surface area contributed by atoms with E-state index in [1.54, 1.807) is 4.90 Å². The van der Waals surface area contributed by atoms with Gasteiger partial charge in [-0.25, -0.2) is 17.9 Å². The summed E-state index contributed by atoms with van der Waals surface area (Å²) in [4.78, 5) is 25.4. The molecule has 27 heavy (non-hydrogen) atoms. The number of rotatable bonds is 5. The topological polar surface area (TPSA) is 95.6 Å². The van der Waals surface area contributed by atoms with Crippen molar-refractivity contribution in [2.75, 3.05) is 19.6 Å². The zero-order valence-corrected chi connectivity index (χ0v) is 17.2. The molecule has 0 aliphatic carbocycles. The molecule has 0 atom stereocenters. The van der Waals surface area contributed by atoms with Gasteiger partial charge in [-0.05, 0) is 58.6 Å². The van der Waals surface area contributed by atoms with E-state index in [1.165, 1.54) is 31.2 Å². The molecule has 1 heterocycles. The van der Waals surface area contributed by atoms with E-state index in [0.29, 0.717) is 25.2 Å². The van der Waals surface area contributed by atoms with E-state index < -0.39 is 10.0 Å². The Morgan fingerprint density at radius 2 is 1.67 bits per heavy atom. The van der Waals surface area contributed by atoms with Gasteiger partial charge in [0.15, 0.2) is 5.78 Å². The van der Waals surface area contributed by atoms with Gasteiger partial charge in [0.05, 0.1) is 4.90 Å². The Hall–Kier alpha value is -1.93. The molecule has 1 aromatic carbocycles. The van der Waals surface area contributed by atoms with Gasteiger partial charge < -0.3 is 10.2 Å². The van der Waals surface area contributed by atoms with E-state index in [-0.39, 0.29) is 28.2 Å². The molecule has 0 aromatic heterocycles. The molecule has 7 nitrogen and oxygen atoms in total. The van der Waals surface area contributed by atoms with Crippen molar-refractivity contribution >= 4 is 21.8 Å². The van der Waals surface area contributed by atoms with Gasteiger partial charge in [-0.3, -0.25) is 4.79 Å². The maximum absolute atomic E-state index is 12.4. The van der Waals surface area contributed by atoms with Crippen LogP contribution in [0, 0.1) is 5.92 Å². The van der Waals surface area contributed by atoms with Crippen molar-refractivity contribution in [2.45, 2.75) is 51.0 Å². The molecule has 0 unspecified atom stereocenters. The van der Waals surface area contributed by atoms with Crippen LogP contribution in [0.25, 0.3) is 0 Å². The molecule has 2 amide bonds. The Morgan fingerprint density at radius 3 is 2.15 bits per heavy atom. The predicted molar refractivity (Wildman–Crippen MR) is 104 cm³/mol. The van der Waals surface area contributed by atoms with Crippen molar-refractivity contribution in [1.82, 2.24) is 14.9 Å². The number of nitrogens with one attached hydrogen (secondary N) is 2. The minimum absolute atomic E-state index is 0.0768. The molecule has 8 heteroatoms. The lowest BCUT2D eigenvalue weighted by Gasteiger charge is -2.34. The Morgan fingerprint density at radius 1 is 1.11 bits per heavy atom. The van der Waals surface area contributed by atoms with Crippen LogP contribution in [0.4, 0.5) is 4.79 Å². The lowest BCUT2D eigenvalue weighted by molar-refractivity contribution is 0.101. The largest absolute Gasteiger partial charge is 0.333 e. The van der Waals surface area contributed by atoms with Gasteiger partial charge in [-0.2, -0.15) is 0 Å². The second-order valence-corrected chi connectivity index (χ2v) is 9.81. The SMILES string of the molecule is CC(=O)c1ccc(S(=O)(=O)NCC2CCN(C(=O)NC(C)(C)C)CC2)cc1. The number of carbonyl (C=O) groups is 2. The molecule has 2 N–H and O–H groups in total. The van der Waals surface area contributed by atoms with Gasteiger partial charge in [0.25, 0.3) is 0 Å². The van der Waals surface area contributed by atoms with Gasteiger partial charge in [-0.15, -0.1) is 0 Å². The first-order valence-electron chi connectivity index (χ1n) is 9.16. The van der Waals surface area contributed by atoms with Crippen molar-refractivity contribution in [2.24, 2.45) is 5.92 Å². The van der Waals surface area contributed by atoms with Crippen LogP contribution in [-0.2, 0) is 10.0 Å². The van der Waals surface area contributed by atoms with Crippen LogP contribution in [-0.4, -0.2) is 50.3 Å². The summed E-state index contributed by atoms with van der Waals surface area (Å²) < 4.78 is 27.5. The Kier molecular flexibility index (Phi) is 6.64. The van der Waals surface area contributed by atoms with Crippen molar-refractivity contribution in [3.8, 4) is 0 Å². The van der Waals surface area contributed by atoms with Gasteiger partial charge >= 0.3 is 6.03 Å². The summed E-state index contributed by atoms with van der Waals surface area (Å²) >= 11 is 0. The molecule has 1 aromatic rings. The van der Waals surface area contributed by atoms with E-state index in [2.05, 4.69) is 10.0 Å². The number of amides is 2. The normalized spacial score (nSPS) is 16.2. The average molecular weight is 396 g/mol. The molecule has 0 bridgehead atoms. The van der Waals surface area contributed by atoms with Crippen molar-refractivity contribution in [3.05, 3.63) is 29.8 Å². The van der Waals surface area contributed by atoms with E-state index in [9.17, 15) is 18.0 Å². The summed E-state index contributed by atoms with van der Waals surface area (Å²) in [5.74, 6) is 0.0871. The molecule has 0 radical (unpaired) electrons. The van der Waals surface area contributed by atoms with Crippen molar-refractivity contribution in [3.63, 3.8) is 0 Å². The van der Waals surface area contributed by atoms with Gasteiger partial charge in [0.2, 0.25) is 10.0 Å². The quantitative estimate of drug-likeness (QED) is 0.748. The average Bonchev–Trinajstić information content (AvgIpc) is 2.59. The zero-order valence-electron chi connectivity index (χ0n) is 16.4. The van der Waals surface area contributed by atoms with Gasteiger partial charge in [-0.1, -0.05) is 12.1 Å². The molecule has 0 spiro atoms. The minimum atomic E-state index is -3.61. The van der Waals surface area contributed by atoms with E-state index in [4.69, 9.17) is 0 Å². The van der Waals surface area contributed by atoms with E-state index in [1.807, 2.05) is 20.8 Å². The molecule has 150 valence electrons. The first kappa shape index (κ1) is 21.4. The van der Waals surface area contributed by atoms with Crippen LogP contribution in [0.3, 0.4) is 0 Å². The first-order valence-corrected chi connectivity index (χ1v) is 10.6. The summed E-state index contributed by atoms with van der Waals surface area (Å²) in [6.07, 6.45) is 1.51. The van der Waals surface area contributed by atoms with E-state index >= 15 is 0 Å². The highest BCUT2D eigenvalue weighted by Gasteiger charge is 2.26. The number of benzene rings is 1. The minimum Gasteiger partial charge on any atom is -0.333 e. The third-order valence-electron chi connectivity index (χ3n) is 4.52. The van der Waals surface area contributed by atoms with Crippen LogP contribution in [0.5, 0.6) is 0 Å². The predicted octanol–water partition coefficient (Wildman–Crippen LogP) is 2.39. The van der Waals surface area contributed by atoms with Crippen LogP contribution in [0.2, 0.25) is 0 Å². The molecule has 0 saturated carbocycles. The molecule has 1 aliphatic heterocycles. The fourth-order valence-electron chi connectivity index (χ4n) is 2.92. The number of nitrogens with zero attached hydrogens (tertiary/aromatic N) is 1. The molecule has 1 saturated heterocycles. The van der Waals surface area contributed by atoms with E-state index in [0.717, 1.165) is 12.8 Å². The number of sulfonamides is 1. The maximum Gasteiger partial charge on any atom is 0.317 e. The third kappa shape index (κ3) is 6.32. The van der Waals surface area contributed by atoms with Crippen molar-refractivity contribution < 1.29 is 18.0 Å². The molecule has 1 aliphatic rings. The second kappa shape index (κ2) is 8.39. The fraction of sp³-hybridized carbons (Fsp3) is 0.579. The van der Waals surface area contributed by atoms with Crippen LogP contribution in [0.15, 0.2) is 29.2 Å². The lowest BCUT2D eigenvalue weighted by Crippen LogP contribution is -2.51. The highest BCUT2D eigenvalue weighted by atomic mass is 32.2. The Labute approximate surface area is 161 Å². The smallest absolute Gasteiger partial charge is 0.317 e. The fourth-order valence-corrected chi connectivity index (χ4v) is 4.04. The number of Topliss-reactive ketones (excluding diaryl/α,β-unsaturated/α-hetero) is 1. The molecular formula is C19H29N3O4S. The number of hydrogen-bond acceptors (Lipinski definition) is 4. The lowest BCUT2D eigenvalue weighted by atomic mass is 9.97. The summed E-state index contributed by atoms with van der Waals surface area (Å²) in [5, 5.41) is 2.95. The van der Waals surface area contributed by atoms with Crippen LogP contribution < -0.4 is 10.0 Å². The molecule has 2 rings (SSSR count). The highest BCUT2D eigenvalue weighted by Crippen LogP contribution is 2.18. The number of hydrogen-bond donors (Lipinski definition) is 2. The maximum atomic E-state index is 12.4. The number of urea groups is 1. The molecular weight excluding hydrogens is 366 g/mol. The van der Waals surface area contributed by atoms with Crippen LogP contribution in [0.1, 0.15) is 50.9 Å². The first-order chi connectivity index (χ1) is 12.5. The second-order valence-electron chi connectivity index (χ2n) is 8.04. The number of piperidine rings is 1.